The van der Waals surface area contributed by atoms with Gasteiger partial charge in [0.05, 0.1) is 23.9 Å². The van der Waals surface area contributed by atoms with Gasteiger partial charge >= 0.3 is 0 Å². The zero-order valence-corrected chi connectivity index (χ0v) is 14.7. The van der Waals surface area contributed by atoms with E-state index in [1.807, 2.05) is 18.2 Å². The number of ketones is 1. The summed E-state index contributed by atoms with van der Waals surface area (Å²) in [5.41, 5.74) is 1.46. The summed E-state index contributed by atoms with van der Waals surface area (Å²) >= 11 is 0. The fourth-order valence-corrected chi connectivity index (χ4v) is 4.29. The van der Waals surface area contributed by atoms with E-state index in [0.29, 0.717) is 17.2 Å². The minimum absolute atomic E-state index is 0.0803. The summed E-state index contributed by atoms with van der Waals surface area (Å²) in [6.45, 7) is 2.40. The normalized spacial score (nSPS) is 30.5. The molecular weight excluding hydrogens is 320 g/mol. The van der Waals surface area contributed by atoms with Crippen LogP contribution in [0.4, 0.5) is 0 Å². The third-order valence-electron chi connectivity index (χ3n) is 5.60. The largest absolute Gasteiger partial charge is 0.496 e. The van der Waals surface area contributed by atoms with Crippen molar-refractivity contribution < 1.29 is 23.7 Å². The molecule has 0 bridgehead atoms. The Morgan fingerprint density at radius 3 is 2.84 bits per heavy atom. The van der Waals surface area contributed by atoms with Crippen molar-refractivity contribution in [2.24, 2.45) is 11.8 Å². The molecule has 2 heterocycles. The first-order valence-corrected chi connectivity index (χ1v) is 9.04. The Kier molecular flexibility index (Phi) is 4.42. The third-order valence-corrected chi connectivity index (χ3v) is 5.60. The van der Waals surface area contributed by atoms with E-state index in [9.17, 15) is 4.79 Å². The van der Waals surface area contributed by atoms with Crippen molar-refractivity contribution in [1.82, 2.24) is 0 Å². The predicted molar refractivity (Wildman–Crippen MR) is 92.3 cm³/mol. The summed E-state index contributed by atoms with van der Waals surface area (Å²) < 4.78 is 22.4. The third kappa shape index (κ3) is 2.91. The first kappa shape index (κ1) is 16.5. The van der Waals surface area contributed by atoms with Gasteiger partial charge in [-0.05, 0) is 36.5 Å². The Labute approximate surface area is 147 Å². The zero-order valence-electron chi connectivity index (χ0n) is 14.7. The van der Waals surface area contributed by atoms with E-state index in [1.54, 1.807) is 13.4 Å². The number of carbonyl (C=O) groups is 1. The summed E-state index contributed by atoms with van der Waals surface area (Å²) in [5, 5.41) is 0. The van der Waals surface area contributed by atoms with Crippen LogP contribution in [-0.2, 0) is 14.3 Å². The van der Waals surface area contributed by atoms with E-state index in [1.165, 1.54) is 0 Å². The molecule has 0 N–H and O–H groups in total. The fourth-order valence-electron chi connectivity index (χ4n) is 4.29. The van der Waals surface area contributed by atoms with E-state index < -0.39 is 0 Å². The molecule has 1 aromatic carbocycles. The number of allylic oxidation sites excluding steroid dienone is 1. The number of fused-ring (bicyclic) bond motifs is 2. The lowest BCUT2D eigenvalue weighted by Gasteiger charge is -2.41. The number of methoxy groups -OCH3 is 1. The molecule has 1 aromatic rings. The number of hydrogen-bond donors (Lipinski definition) is 0. The minimum atomic E-state index is -0.0895. The number of benzene rings is 1. The lowest BCUT2D eigenvalue weighted by molar-refractivity contribution is -0.131. The van der Waals surface area contributed by atoms with E-state index >= 15 is 0 Å². The second-order valence-electron chi connectivity index (χ2n) is 7.04. The Bertz CT molecular complexity index is 695. The number of carbonyl (C=O) groups excluding carboxylic acids is 1. The van der Waals surface area contributed by atoms with Gasteiger partial charge < -0.3 is 18.9 Å². The van der Waals surface area contributed by atoms with E-state index in [-0.39, 0.29) is 30.7 Å². The second-order valence-corrected chi connectivity index (χ2v) is 7.04. The van der Waals surface area contributed by atoms with Crippen molar-refractivity contribution in [2.75, 3.05) is 13.9 Å². The van der Waals surface area contributed by atoms with Crippen molar-refractivity contribution in [1.29, 1.82) is 0 Å². The minimum Gasteiger partial charge on any atom is -0.496 e. The van der Waals surface area contributed by atoms with Crippen molar-refractivity contribution in [3.8, 4) is 11.5 Å². The maximum Gasteiger partial charge on any atom is 0.231 e. The van der Waals surface area contributed by atoms with Gasteiger partial charge in [0.25, 0.3) is 0 Å². The molecule has 1 aliphatic carbocycles. The monoisotopic (exact) mass is 344 g/mol. The smallest absolute Gasteiger partial charge is 0.231 e. The molecule has 0 radical (unpaired) electrons. The first-order valence-electron chi connectivity index (χ1n) is 9.04. The van der Waals surface area contributed by atoms with Gasteiger partial charge in [-0.15, -0.1) is 0 Å². The SMILES string of the molecule is CCCC1CC2C(=O)C(c3ccc4c(c3)OCO4)=COC2CC1OC. The zero-order chi connectivity index (χ0) is 17.4. The quantitative estimate of drug-likeness (QED) is 0.836. The molecule has 134 valence electrons. The molecule has 4 rings (SSSR count). The fraction of sp³-hybridized carbons (Fsp3) is 0.550. The van der Waals surface area contributed by atoms with E-state index in [0.717, 1.165) is 37.0 Å². The molecule has 4 unspecified atom stereocenters. The van der Waals surface area contributed by atoms with Gasteiger partial charge in [0.1, 0.15) is 6.10 Å². The van der Waals surface area contributed by atoms with E-state index in [4.69, 9.17) is 18.9 Å². The Morgan fingerprint density at radius 1 is 1.20 bits per heavy atom. The summed E-state index contributed by atoms with van der Waals surface area (Å²) in [6, 6.07) is 5.60. The molecule has 2 aliphatic heterocycles. The predicted octanol–water partition coefficient (Wildman–Crippen LogP) is 3.57. The lowest BCUT2D eigenvalue weighted by Crippen LogP contribution is -2.45. The van der Waals surface area contributed by atoms with Gasteiger partial charge in [-0.1, -0.05) is 19.4 Å². The van der Waals surface area contributed by atoms with Gasteiger partial charge in [0.15, 0.2) is 17.3 Å². The van der Waals surface area contributed by atoms with Crippen LogP contribution in [0.5, 0.6) is 11.5 Å². The van der Waals surface area contributed by atoms with Crippen LogP contribution in [-0.4, -0.2) is 31.9 Å². The molecule has 5 heteroatoms. The highest BCUT2D eigenvalue weighted by molar-refractivity contribution is 6.22. The highest BCUT2D eigenvalue weighted by Crippen LogP contribution is 2.42. The van der Waals surface area contributed by atoms with Crippen molar-refractivity contribution in [3.05, 3.63) is 30.0 Å². The maximum atomic E-state index is 13.1. The van der Waals surface area contributed by atoms with Crippen molar-refractivity contribution in [2.45, 2.75) is 44.8 Å². The Morgan fingerprint density at radius 2 is 2.04 bits per heavy atom. The summed E-state index contributed by atoms with van der Waals surface area (Å²) in [7, 11) is 1.76. The van der Waals surface area contributed by atoms with Crippen LogP contribution in [0.1, 0.15) is 38.2 Å². The highest BCUT2D eigenvalue weighted by Gasteiger charge is 2.44. The molecule has 0 aromatic heterocycles. The van der Waals surface area contributed by atoms with Crippen LogP contribution in [0.2, 0.25) is 0 Å². The molecule has 3 aliphatic rings. The number of ether oxygens (including phenoxy) is 4. The number of rotatable bonds is 4. The van der Waals surface area contributed by atoms with Crippen LogP contribution in [0.25, 0.3) is 5.57 Å². The molecule has 1 saturated carbocycles. The molecule has 0 saturated heterocycles. The van der Waals surface area contributed by atoms with Crippen LogP contribution >= 0.6 is 0 Å². The first-order chi connectivity index (χ1) is 12.2. The second kappa shape index (κ2) is 6.71. The van der Waals surface area contributed by atoms with Gasteiger partial charge in [0, 0.05) is 13.5 Å². The Hall–Kier alpha value is -2.01. The molecule has 25 heavy (non-hydrogen) atoms. The number of hydrogen-bond acceptors (Lipinski definition) is 5. The molecule has 4 atom stereocenters. The van der Waals surface area contributed by atoms with Crippen LogP contribution in [0.3, 0.4) is 0 Å². The highest BCUT2D eigenvalue weighted by atomic mass is 16.7. The van der Waals surface area contributed by atoms with Gasteiger partial charge in [-0.2, -0.15) is 0 Å². The maximum absolute atomic E-state index is 13.1. The molecule has 0 spiro atoms. The molecule has 1 fully saturated rings. The van der Waals surface area contributed by atoms with Crippen molar-refractivity contribution in [3.63, 3.8) is 0 Å². The van der Waals surface area contributed by atoms with E-state index in [2.05, 4.69) is 6.92 Å². The molecule has 0 amide bonds. The lowest BCUT2D eigenvalue weighted by atomic mass is 9.71. The Balaban J connectivity index is 1.59. The van der Waals surface area contributed by atoms with Crippen LogP contribution < -0.4 is 9.47 Å². The van der Waals surface area contributed by atoms with Gasteiger partial charge in [-0.3, -0.25) is 4.79 Å². The molecular formula is C20H24O5. The standard InChI is InChI=1S/C20H24O5/c1-3-4-13-7-14-18(9-17(13)22-2)23-10-15(20(14)21)12-5-6-16-19(8-12)25-11-24-16/h5-6,8,10,13-14,17-18H,3-4,7,9,11H2,1-2H3. The van der Waals surface area contributed by atoms with Crippen molar-refractivity contribution >= 4 is 11.4 Å². The topological polar surface area (TPSA) is 54.0 Å². The summed E-state index contributed by atoms with van der Waals surface area (Å²) in [5.74, 6) is 1.90. The average Bonchev–Trinajstić information content (AvgIpc) is 3.10. The number of Topliss-reactive ketones (excluding diaryl/α,β-unsaturated/α-hetero) is 1. The van der Waals surface area contributed by atoms with Gasteiger partial charge in [0.2, 0.25) is 6.79 Å². The summed E-state index contributed by atoms with van der Waals surface area (Å²) in [4.78, 5) is 13.1. The molecule has 5 nitrogen and oxygen atoms in total. The van der Waals surface area contributed by atoms with Gasteiger partial charge in [-0.25, -0.2) is 0 Å². The van der Waals surface area contributed by atoms with Crippen LogP contribution in [0.15, 0.2) is 24.5 Å². The van der Waals surface area contributed by atoms with Crippen LogP contribution in [0, 0.1) is 11.8 Å². The summed E-state index contributed by atoms with van der Waals surface area (Å²) in [6.07, 6.45) is 5.51. The average molecular weight is 344 g/mol.